The van der Waals surface area contributed by atoms with Crippen molar-refractivity contribution in [2.24, 2.45) is 71.0 Å². The molecule has 0 spiro atoms. The maximum Gasteiger partial charge on any atom is 0.0112 e. The van der Waals surface area contributed by atoms with Crippen molar-refractivity contribution in [3.05, 3.63) is 214 Å². The molecule has 0 aliphatic rings. The first-order valence-corrected chi connectivity index (χ1v) is 43.3. The van der Waals surface area contributed by atoms with Crippen LogP contribution in [0.4, 0.5) is 0 Å². The first-order valence-electron chi connectivity index (χ1n) is 43.3. The van der Waals surface area contributed by atoms with Gasteiger partial charge in [0.1, 0.15) is 0 Å². The van der Waals surface area contributed by atoms with Gasteiger partial charge in [0, 0.05) is 25.7 Å². The third-order valence-corrected chi connectivity index (χ3v) is 14.1. The van der Waals surface area contributed by atoms with Crippen molar-refractivity contribution < 1.29 is 0 Å². The van der Waals surface area contributed by atoms with E-state index in [-0.39, 0.29) is 0 Å². The second kappa shape index (κ2) is 85.1. The summed E-state index contributed by atoms with van der Waals surface area (Å²) < 4.78 is 0. The lowest BCUT2D eigenvalue weighted by Gasteiger charge is -2.09. The van der Waals surface area contributed by atoms with Crippen LogP contribution < -0.4 is 0 Å². The zero-order chi connectivity index (χ0) is 82.3. The Labute approximate surface area is 668 Å². The molecule has 0 nitrogen and oxygen atoms in total. The summed E-state index contributed by atoms with van der Waals surface area (Å²) in [5.74, 6) is 21.3. The van der Waals surface area contributed by atoms with Crippen LogP contribution in [-0.2, 0) is 51.4 Å². The molecule has 0 N–H and O–H groups in total. The molecule has 0 saturated carbocycles. The minimum Gasteiger partial charge on any atom is -0.104 e. The van der Waals surface area contributed by atoms with Crippen LogP contribution in [0.5, 0.6) is 0 Å². The molecular formula is C106H182. The summed E-state index contributed by atoms with van der Waals surface area (Å²) in [4.78, 5) is 0. The molecule has 0 heterocycles. The molecular weight excluding hydrogens is 1270 g/mol. The van der Waals surface area contributed by atoms with E-state index in [9.17, 15) is 0 Å². The van der Waals surface area contributed by atoms with E-state index >= 15 is 0 Å². The maximum absolute atomic E-state index is 3.17. The Bertz CT molecular complexity index is 2400. The van der Waals surface area contributed by atoms with E-state index in [0.717, 1.165) is 96.7 Å². The molecule has 5 aromatic rings. The molecule has 0 fully saturated rings. The molecule has 0 radical (unpaired) electrons. The van der Waals surface area contributed by atoms with Crippen molar-refractivity contribution in [1.82, 2.24) is 0 Å². The summed E-state index contributed by atoms with van der Waals surface area (Å²) in [7, 11) is 0. The van der Waals surface area contributed by atoms with Gasteiger partial charge >= 0.3 is 0 Å². The van der Waals surface area contributed by atoms with Crippen molar-refractivity contribution in [1.29, 1.82) is 0 Å². The van der Waals surface area contributed by atoms with Gasteiger partial charge < -0.3 is 0 Å². The summed E-state index contributed by atoms with van der Waals surface area (Å²) in [5.41, 5.74) is 11.8. The maximum atomic E-state index is 3.17. The summed E-state index contributed by atoms with van der Waals surface area (Å²) in [6, 6.07) is 48.3. The lowest BCUT2D eigenvalue weighted by Crippen LogP contribution is -1.97. The molecule has 0 heteroatoms. The summed E-state index contributed by atoms with van der Waals surface area (Å²) >= 11 is 0. The first kappa shape index (κ1) is 114. The lowest BCUT2D eigenvalue weighted by atomic mass is 9.97. The van der Waals surface area contributed by atoms with Crippen LogP contribution in [0.15, 0.2) is 170 Å². The van der Waals surface area contributed by atoms with E-state index in [4.69, 9.17) is 0 Å². The highest BCUT2D eigenvalue weighted by Crippen LogP contribution is 2.18. The monoisotopic (exact) mass is 1460 g/mol. The van der Waals surface area contributed by atoms with Crippen molar-refractivity contribution in [2.75, 3.05) is 0 Å². The standard InChI is InChI=1S/4C14H22.C10H20.C10H18.C6H6.2C6H12.C6H10.2C3H8/c2*1-11(2)9-13-5-7-14(8-6-13)10-12(3)4;2*1-11(2)8-13-6-5-7-14(10-13)9-12(3)4;2*1-9(2)7-5-6-8-10(3)4;1-2-4-6-5-3-1;3*1-3-5-6-4-2;2*1-3-2/h2*5-8,11-12H,9-10H2,1-4H3;2*5-7,10-12H,8-9H2,1-4H3;5-6,9-10H,7-8H2,1-4H3;9-10H,7-8H2,1-4H3;1-6H;2*5-6H,3-4H2,1-2H3;3-4H2,1-2H3;2*3H2,1-2H3/b;;;;6-5+;;;6-5+;6-5-;;;. The molecule has 5 aromatic carbocycles. The minimum absolute atomic E-state index is 0.722. The predicted molar refractivity (Wildman–Crippen MR) is 495 cm³/mol. The molecule has 0 aromatic heterocycles. The third-order valence-electron chi connectivity index (χ3n) is 14.1. The van der Waals surface area contributed by atoms with Gasteiger partial charge in [0.15, 0.2) is 0 Å². The Morgan fingerprint density at radius 2 is 0.387 bits per heavy atom. The molecule has 106 heavy (non-hydrogen) atoms. The first-order chi connectivity index (χ1) is 50.1. The normalized spacial score (nSPS) is 10.4. The van der Waals surface area contributed by atoms with Crippen LogP contribution >= 0.6 is 0 Å². The van der Waals surface area contributed by atoms with E-state index in [1.54, 1.807) is 0 Å². The van der Waals surface area contributed by atoms with Crippen molar-refractivity contribution in [3.8, 4) is 23.7 Å². The summed E-state index contributed by atoms with van der Waals surface area (Å²) in [6.07, 6.45) is 36.6. The number of hydrogen-bond donors (Lipinski definition) is 0. The van der Waals surface area contributed by atoms with Crippen molar-refractivity contribution in [3.63, 3.8) is 0 Å². The molecule has 0 atom stereocenters. The summed E-state index contributed by atoms with van der Waals surface area (Å²) in [5, 5.41) is 0. The Kier molecular flexibility index (Phi) is 91.3. The quantitative estimate of drug-likeness (QED) is 0.0382. The number of allylic oxidation sites excluding steroid dienone is 6. The molecule has 0 amide bonds. The van der Waals surface area contributed by atoms with Gasteiger partial charge in [-0.3, -0.25) is 0 Å². The zero-order valence-electron chi connectivity index (χ0n) is 77.2. The SMILES string of the molecule is CC(C)C/C=C/CC(C)C.CC(C)CC#CCC(C)C.CC(C)Cc1ccc(CC(C)C)cc1.CC(C)Cc1ccc(CC(C)C)cc1.CC(C)Cc1cccc(CC(C)C)c1.CC(C)Cc1cccc(CC(C)C)c1.CC/C=C/CC.CC/C=C\CC.CCC.CCC.CCC#CCC.c1ccccc1. The van der Waals surface area contributed by atoms with E-state index in [0.29, 0.717) is 0 Å². The highest BCUT2D eigenvalue weighted by molar-refractivity contribution is 5.26. The second-order valence-corrected chi connectivity index (χ2v) is 33.5. The van der Waals surface area contributed by atoms with Crippen LogP contribution in [0.2, 0.25) is 0 Å². The third kappa shape index (κ3) is 103. The van der Waals surface area contributed by atoms with Crippen LogP contribution in [0.1, 0.15) is 357 Å². The van der Waals surface area contributed by atoms with Crippen LogP contribution in [0.3, 0.4) is 0 Å². The number of rotatable bonds is 26. The van der Waals surface area contributed by atoms with Gasteiger partial charge in [0.25, 0.3) is 0 Å². The van der Waals surface area contributed by atoms with Crippen molar-refractivity contribution in [2.45, 2.75) is 364 Å². The average Bonchev–Trinajstić information content (AvgIpc) is 0.925. The van der Waals surface area contributed by atoms with E-state index in [1.807, 2.05) is 36.4 Å². The Balaban J connectivity index is -0.000000207. The van der Waals surface area contributed by atoms with Gasteiger partial charge in [-0.15, -0.1) is 23.7 Å². The van der Waals surface area contributed by atoms with Crippen LogP contribution in [-0.4, -0.2) is 0 Å². The predicted octanol–water partition coefficient (Wildman–Crippen LogP) is 34.1. The molecule has 0 bridgehead atoms. The average molecular weight is 1460 g/mol. The molecule has 0 saturated heterocycles. The molecule has 5 rings (SSSR count). The molecule has 0 aliphatic carbocycles. The largest absolute Gasteiger partial charge is 0.104 e. The van der Waals surface area contributed by atoms with Crippen LogP contribution in [0.25, 0.3) is 0 Å². The Hall–Kier alpha value is -5.56. The number of benzene rings is 5. The molecule has 606 valence electrons. The Morgan fingerprint density at radius 3 is 0.528 bits per heavy atom. The van der Waals surface area contributed by atoms with Gasteiger partial charge in [-0.1, -0.05) is 418 Å². The van der Waals surface area contributed by atoms with Gasteiger partial charge in [-0.25, -0.2) is 0 Å². The van der Waals surface area contributed by atoms with E-state index in [1.165, 1.54) is 147 Å². The lowest BCUT2D eigenvalue weighted by molar-refractivity contribution is 0.635. The summed E-state index contributed by atoms with van der Waals surface area (Å²) in [6.45, 7) is 75.3. The van der Waals surface area contributed by atoms with Gasteiger partial charge in [-0.2, -0.15) is 0 Å². The van der Waals surface area contributed by atoms with Crippen molar-refractivity contribution >= 4 is 0 Å². The topological polar surface area (TPSA) is 0 Å². The Morgan fingerprint density at radius 1 is 0.208 bits per heavy atom. The van der Waals surface area contributed by atoms with Gasteiger partial charge in [0.05, 0.1) is 0 Å². The highest BCUT2D eigenvalue weighted by atomic mass is 14.1. The highest BCUT2D eigenvalue weighted by Gasteiger charge is 2.05. The fourth-order valence-corrected chi connectivity index (χ4v) is 9.75. The fourth-order valence-electron chi connectivity index (χ4n) is 9.75. The minimum atomic E-state index is 0.722. The van der Waals surface area contributed by atoms with Gasteiger partial charge in [0.2, 0.25) is 0 Å². The molecule has 0 aliphatic heterocycles. The fraction of sp³-hybridized carbons (Fsp3) is 0.623. The zero-order valence-corrected chi connectivity index (χ0v) is 77.2. The molecule has 0 unspecified atom stereocenters. The van der Waals surface area contributed by atoms with Crippen LogP contribution in [0, 0.1) is 94.7 Å². The van der Waals surface area contributed by atoms with Gasteiger partial charge in [-0.05, 0) is 205 Å². The number of hydrogen-bond acceptors (Lipinski definition) is 0. The smallest absolute Gasteiger partial charge is 0.0112 e. The second-order valence-electron chi connectivity index (χ2n) is 33.5. The van der Waals surface area contributed by atoms with E-state index < -0.39 is 0 Å². The van der Waals surface area contributed by atoms with E-state index in [2.05, 4.69) is 393 Å².